The largest absolute Gasteiger partial charge is 0.393 e. The molecular weight excluding hydrogens is 176 g/mol. The topological polar surface area (TPSA) is 40.5 Å². The van der Waals surface area contributed by atoms with Crippen molar-refractivity contribution in [2.75, 3.05) is 0 Å². The van der Waals surface area contributed by atoms with E-state index in [1.165, 1.54) is 19.3 Å². The average molecular weight is 200 g/mol. The van der Waals surface area contributed by atoms with Crippen LogP contribution in [0.1, 0.15) is 52.9 Å². The molecule has 0 aromatic carbocycles. The Bertz CT molecular complexity index is 169. The maximum atomic E-state index is 10.4. The van der Waals surface area contributed by atoms with Gasteiger partial charge >= 0.3 is 0 Å². The SMILES string of the molecule is CC(O)C(C)C(C)(O)C1CCCCC1. The fraction of sp³-hybridized carbons (Fsp3) is 1.00. The van der Waals surface area contributed by atoms with Gasteiger partial charge in [0, 0.05) is 5.92 Å². The van der Waals surface area contributed by atoms with Crippen LogP contribution in [0.25, 0.3) is 0 Å². The van der Waals surface area contributed by atoms with Crippen molar-refractivity contribution in [3.8, 4) is 0 Å². The Morgan fingerprint density at radius 2 is 1.64 bits per heavy atom. The predicted molar refractivity (Wildman–Crippen MR) is 58.0 cm³/mol. The zero-order valence-corrected chi connectivity index (χ0v) is 9.66. The second kappa shape index (κ2) is 4.63. The molecule has 2 nitrogen and oxygen atoms in total. The number of rotatable bonds is 3. The van der Waals surface area contributed by atoms with Crippen LogP contribution in [0.2, 0.25) is 0 Å². The number of aliphatic hydroxyl groups is 2. The van der Waals surface area contributed by atoms with Crippen molar-refractivity contribution in [1.82, 2.24) is 0 Å². The number of aliphatic hydroxyl groups excluding tert-OH is 1. The molecule has 2 N–H and O–H groups in total. The normalized spacial score (nSPS) is 28.1. The molecule has 0 aromatic heterocycles. The van der Waals surface area contributed by atoms with Crippen LogP contribution >= 0.6 is 0 Å². The molecule has 1 aliphatic carbocycles. The van der Waals surface area contributed by atoms with Crippen LogP contribution in [0.15, 0.2) is 0 Å². The minimum absolute atomic E-state index is 0.0365. The van der Waals surface area contributed by atoms with Gasteiger partial charge in [-0.3, -0.25) is 0 Å². The highest BCUT2D eigenvalue weighted by Gasteiger charge is 2.39. The van der Waals surface area contributed by atoms with E-state index in [-0.39, 0.29) is 5.92 Å². The zero-order chi connectivity index (χ0) is 10.8. The van der Waals surface area contributed by atoms with Gasteiger partial charge in [0.25, 0.3) is 0 Å². The van der Waals surface area contributed by atoms with Crippen LogP contribution < -0.4 is 0 Å². The van der Waals surface area contributed by atoms with Gasteiger partial charge in [0.1, 0.15) is 0 Å². The van der Waals surface area contributed by atoms with E-state index < -0.39 is 11.7 Å². The van der Waals surface area contributed by atoms with Gasteiger partial charge in [0.05, 0.1) is 11.7 Å². The molecule has 0 spiro atoms. The molecule has 0 aliphatic heterocycles. The first-order valence-corrected chi connectivity index (χ1v) is 5.86. The summed E-state index contributed by atoms with van der Waals surface area (Å²) in [6.45, 7) is 5.60. The van der Waals surface area contributed by atoms with Gasteiger partial charge in [-0.2, -0.15) is 0 Å². The summed E-state index contributed by atoms with van der Waals surface area (Å²) < 4.78 is 0. The first-order chi connectivity index (χ1) is 6.46. The molecule has 1 fully saturated rings. The second-order valence-electron chi connectivity index (χ2n) is 5.09. The van der Waals surface area contributed by atoms with Crippen molar-refractivity contribution in [1.29, 1.82) is 0 Å². The molecule has 84 valence electrons. The molecule has 0 aromatic rings. The van der Waals surface area contributed by atoms with Gasteiger partial charge < -0.3 is 10.2 Å². The van der Waals surface area contributed by atoms with Crippen LogP contribution in [0.5, 0.6) is 0 Å². The van der Waals surface area contributed by atoms with Crippen LogP contribution in [-0.2, 0) is 0 Å². The molecule has 3 unspecified atom stereocenters. The van der Waals surface area contributed by atoms with Crippen molar-refractivity contribution in [2.24, 2.45) is 11.8 Å². The van der Waals surface area contributed by atoms with Gasteiger partial charge in [-0.1, -0.05) is 26.2 Å². The predicted octanol–water partition coefficient (Wildman–Crippen LogP) is 2.33. The molecular formula is C12H24O2. The molecule has 0 saturated heterocycles. The summed E-state index contributed by atoms with van der Waals surface area (Å²) >= 11 is 0. The summed E-state index contributed by atoms with van der Waals surface area (Å²) in [5.41, 5.74) is -0.700. The van der Waals surface area contributed by atoms with Crippen molar-refractivity contribution < 1.29 is 10.2 Å². The molecule has 2 heteroatoms. The Morgan fingerprint density at radius 1 is 1.14 bits per heavy atom. The van der Waals surface area contributed by atoms with E-state index in [1.54, 1.807) is 6.92 Å². The van der Waals surface area contributed by atoms with Gasteiger partial charge in [-0.05, 0) is 32.6 Å². The second-order valence-corrected chi connectivity index (χ2v) is 5.09. The molecule has 0 amide bonds. The van der Waals surface area contributed by atoms with Crippen LogP contribution in [-0.4, -0.2) is 21.9 Å². The van der Waals surface area contributed by atoms with Gasteiger partial charge in [-0.25, -0.2) is 0 Å². The molecule has 1 saturated carbocycles. The van der Waals surface area contributed by atoms with Crippen molar-refractivity contribution in [2.45, 2.75) is 64.6 Å². The van der Waals surface area contributed by atoms with E-state index in [0.29, 0.717) is 5.92 Å². The van der Waals surface area contributed by atoms with E-state index in [2.05, 4.69) is 0 Å². The lowest BCUT2D eigenvalue weighted by Gasteiger charge is -2.41. The quantitative estimate of drug-likeness (QED) is 0.734. The summed E-state index contributed by atoms with van der Waals surface area (Å²) in [6.07, 6.45) is 5.57. The highest BCUT2D eigenvalue weighted by Crippen LogP contribution is 2.37. The molecule has 0 radical (unpaired) electrons. The minimum atomic E-state index is -0.700. The maximum Gasteiger partial charge on any atom is 0.0697 e. The third-order valence-corrected chi connectivity index (χ3v) is 4.08. The highest BCUT2D eigenvalue weighted by molar-refractivity contribution is 4.90. The smallest absolute Gasteiger partial charge is 0.0697 e. The van der Waals surface area contributed by atoms with Crippen molar-refractivity contribution >= 4 is 0 Å². The lowest BCUT2D eigenvalue weighted by Crippen LogP contribution is -2.46. The molecule has 14 heavy (non-hydrogen) atoms. The highest BCUT2D eigenvalue weighted by atomic mass is 16.3. The van der Waals surface area contributed by atoms with Gasteiger partial charge in [0.2, 0.25) is 0 Å². The Kier molecular flexibility index (Phi) is 3.96. The summed E-state index contributed by atoms with van der Waals surface area (Å²) in [7, 11) is 0. The standard InChI is InChI=1S/C12H24O2/c1-9(10(2)13)12(3,14)11-7-5-4-6-8-11/h9-11,13-14H,4-8H2,1-3H3. The number of hydrogen-bond donors (Lipinski definition) is 2. The zero-order valence-electron chi connectivity index (χ0n) is 9.66. The minimum Gasteiger partial charge on any atom is -0.393 e. The molecule has 1 rings (SSSR count). The van der Waals surface area contributed by atoms with E-state index in [0.717, 1.165) is 12.8 Å². The molecule has 3 atom stereocenters. The summed E-state index contributed by atoms with van der Waals surface area (Å²) in [6, 6.07) is 0. The Hall–Kier alpha value is -0.0800. The van der Waals surface area contributed by atoms with Crippen LogP contribution in [0.3, 0.4) is 0 Å². The van der Waals surface area contributed by atoms with Crippen LogP contribution in [0, 0.1) is 11.8 Å². The fourth-order valence-electron chi connectivity index (χ4n) is 2.55. The molecule has 0 heterocycles. The van der Waals surface area contributed by atoms with E-state index >= 15 is 0 Å². The third kappa shape index (κ3) is 2.48. The van der Waals surface area contributed by atoms with Gasteiger partial charge in [-0.15, -0.1) is 0 Å². The van der Waals surface area contributed by atoms with Crippen molar-refractivity contribution in [3.63, 3.8) is 0 Å². The molecule has 0 bridgehead atoms. The monoisotopic (exact) mass is 200 g/mol. The summed E-state index contributed by atoms with van der Waals surface area (Å²) in [5, 5.41) is 19.9. The lowest BCUT2D eigenvalue weighted by molar-refractivity contribution is -0.0943. The Labute approximate surface area is 87.3 Å². The van der Waals surface area contributed by atoms with E-state index in [4.69, 9.17) is 0 Å². The Balaban J connectivity index is 2.61. The van der Waals surface area contributed by atoms with E-state index in [1.807, 2.05) is 13.8 Å². The van der Waals surface area contributed by atoms with E-state index in [9.17, 15) is 10.2 Å². The number of hydrogen-bond acceptors (Lipinski definition) is 2. The van der Waals surface area contributed by atoms with Crippen LogP contribution in [0.4, 0.5) is 0 Å². The van der Waals surface area contributed by atoms with Crippen molar-refractivity contribution in [3.05, 3.63) is 0 Å². The lowest BCUT2D eigenvalue weighted by atomic mass is 9.71. The Morgan fingerprint density at radius 3 is 2.07 bits per heavy atom. The molecule has 1 aliphatic rings. The van der Waals surface area contributed by atoms with Gasteiger partial charge in [0.15, 0.2) is 0 Å². The summed E-state index contributed by atoms with van der Waals surface area (Å²) in [5.74, 6) is 0.339. The first kappa shape index (κ1) is 12.0. The third-order valence-electron chi connectivity index (χ3n) is 4.08. The first-order valence-electron chi connectivity index (χ1n) is 5.86. The fourth-order valence-corrected chi connectivity index (χ4v) is 2.55. The maximum absolute atomic E-state index is 10.4. The average Bonchev–Trinajstić information content (AvgIpc) is 2.18. The summed E-state index contributed by atoms with van der Waals surface area (Å²) in [4.78, 5) is 0.